The SMILES string of the molecule is Nc1nc2c(ncn2[C@@H]2O[C@H](CO)C(O)C2O)c(=O)n1PP. The van der Waals surface area contributed by atoms with Crippen LogP contribution in [-0.2, 0) is 4.74 Å². The summed E-state index contributed by atoms with van der Waals surface area (Å²) < 4.78 is 8.00. The highest BCUT2D eigenvalue weighted by atomic mass is 32.0. The van der Waals surface area contributed by atoms with Crippen LogP contribution in [0.1, 0.15) is 6.23 Å². The average Bonchev–Trinajstić information content (AvgIpc) is 3.02. The topological polar surface area (TPSA) is 149 Å². The number of fused-ring (bicyclic) bond motifs is 1. The first-order valence-electron chi connectivity index (χ1n) is 6.33. The van der Waals surface area contributed by atoms with Crippen molar-refractivity contribution in [2.75, 3.05) is 12.3 Å². The summed E-state index contributed by atoms with van der Waals surface area (Å²) in [6.45, 7) is -0.447. The molecule has 1 aliphatic rings. The van der Waals surface area contributed by atoms with Crippen LogP contribution in [0.5, 0.6) is 0 Å². The fourth-order valence-electron chi connectivity index (χ4n) is 2.41. The maximum absolute atomic E-state index is 12.2. The molecule has 5 N–H and O–H groups in total. The van der Waals surface area contributed by atoms with Gasteiger partial charge in [0.05, 0.1) is 12.9 Å². The highest BCUT2D eigenvalue weighted by Crippen LogP contribution is 2.31. The van der Waals surface area contributed by atoms with Crippen molar-refractivity contribution in [1.29, 1.82) is 0 Å². The maximum Gasteiger partial charge on any atom is 0.286 e. The van der Waals surface area contributed by atoms with Crippen LogP contribution in [0.25, 0.3) is 11.2 Å². The number of aliphatic hydroxyl groups excluding tert-OH is 3. The Balaban J connectivity index is 2.12. The van der Waals surface area contributed by atoms with E-state index < -0.39 is 36.7 Å². The van der Waals surface area contributed by atoms with Crippen LogP contribution in [-0.4, -0.2) is 59.1 Å². The molecule has 0 aliphatic carbocycles. The molecule has 0 radical (unpaired) electrons. The van der Waals surface area contributed by atoms with Gasteiger partial charge in [-0.05, 0) is 0 Å². The summed E-state index contributed by atoms with van der Waals surface area (Å²) in [6.07, 6.45) is -3.20. The lowest BCUT2D eigenvalue weighted by Crippen LogP contribution is -2.33. The van der Waals surface area contributed by atoms with Crippen molar-refractivity contribution in [3.05, 3.63) is 16.7 Å². The molecule has 0 amide bonds. The Kier molecular flexibility index (Phi) is 4.15. The molecule has 2 aromatic heterocycles. The summed E-state index contributed by atoms with van der Waals surface area (Å²) in [6, 6.07) is 0. The molecule has 0 spiro atoms. The Morgan fingerprint density at radius 3 is 2.77 bits per heavy atom. The number of hydrogen-bond donors (Lipinski definition) is 4. The normalized spacial score (nSPS) is 29.1. The minimum atomic E-state index is -1.29. The summed E-state index contributed by atoms with van der Waals surface area (Å²) in [7, 11) is 2.42. The van der Waals surface area contributed by atoms with Crippen LogP contribution in [0, 0.1) is 0 Å². The van der Waals surface area contributed by atoms with Crippen molar-refractivity contribution in [1.82, 2.24) is 18.9 Å². The second-order valence-corrected chi connectivity index (χ2v) is 6.27. The lowest BCUT2D eigenvalue weighted by atomic mass is 10.1. The third-order valence-electron chi connectivity index (χ3n) is 3.54. The van der Waals surface area contributed by atoms with Crippen molar-refractivity contribution in [3.8, 4) is 0 Å². The number of rotatable bonds is 3. The zero-order valence-electron chi connectivity index (χ0n) is 11.2. The van der Waals surface area contributed by atoms with Gasteiger partial charge in [0.2, 0.25) is 5.95 Å². The molecule has 22 heavy (non-hydrogen) atoms. The van der Waals surface area contributed by atoms with Gasteiger partial charge >= 0.3 is 0 Å². The number of ether oxygens (including phenoxy) is 1. The molecule has 4 unspecified atom stereocenters. The monoisotopic (exact) mass is 347 g/mol. The summed E-state index contributed by atoms with van der Waals surface area (Å²) in [5, 5.41) is 29.0. The first-order valence-corrected chi connectivity index (χ1v) is 9.09. The predicted octanol–water partition coefficient (Wildman–Crippen LogP) is -1.98. The van der Waals surface area contributed by atoms with Gasteiger partial charge in [-0.1, -0.05) is 8.93 Å². The predicted molar refractivity (Wildman–Crippen MR) is 82.6 cm³/mol. The van der Waals surface area contributed by atoms with Gasteiger partial charge in [-0.15, -0.1) is 0 Å². The Bertz CT molecular complexity index is 764. The van der Waals surface area contributed by atoms with E-state index in [0.29, 0.717) is 0 Å². The Labute approximate surface area is 127 Å². The van der Waals surface area contributed by atoms with Crippen molar-refractivity contribution in [3.63, 3.8) is 0 Å². The summed E-state index contributed by atoms with van der Waals surface area (Å²) >= 11 is 0. The van der Waals surface area contributed by atoms with E-state index >= 15 is 0 Å². The molecule has 120 valence electrons. The van der Waals surface area contributed by atoms with Gasteiger partial charge < -0.3 is 25.8 Å². The van der Waals surface area contributed by atoms with E-state index in [1.807, 2.05) is 0 Å². The molecular formula is C10H15N5O5P2. The molecule has 1 aliphatic heterocycles. The molecule has 10 nitrogen and oxygen atoms in total. The average molecular weight is 347 g/mol. The number of nitrogen functional groups attached to an aromatic ring is 1. The van der Waals surface area contributed by atoms with E-state index in [9.17, 15) is 15.0 Å². The minimum Gasteiger partial charge on any atom is -0.394 e. The van der Waals surface area contributed by atoms with Gasteiger partial charge in [0.25, 0.3) is 5.56 Å². The molecule has 3 rings (SSSR count). The molecule has 0 saturated carbocycles. The molecule has 3 heterocycles. The van der Waals surface area contributed by atoms with E-state index in [1.165, 1.54) is 15.2 Å². The fraction of sp³-hybridized carbons (Fsp3) is 0.500. The van der Waals surface area contributed by atoms with Crippen LogP contribution in [0.3, 0.4) is 0 Å². The highest BCUT2D eigenvalue weighted by molar-refractivity contribution is 8.02. The molecule has 2 aromatic rings. The number of anilines is 1. The van der Waals surface area contributed by atoms with Crippen LogP contribution in [0.2, 0.25) is 0 Å². The second-order valence-electron chi connectivity index (χ2n) is 4.79. The number of nitrogens with two attached hydrogens (primary N) is 1. The highest BCUT2D eigenvalue weighted by Gasteiger charge is 2.44. The summed E-state index contributed by atoms with van der Waals surface area (Å²) in [5.41, 5.74) is 5.59. The number of aliphatic hydroxyl groups is 3. The van der Waals surface area contributed by atoms with Gasteiger partial charge in [-0.3, -0.25) is 13.7 Å². The number of imidazole rings is 1. The zero-order valence-corrected chi connectivity index (χ0v) is 13.4. The fourth-order valence-corrected chi connectivity index (χ4v) is 3.56. The van der Waals surface area contributed by atoms with Gasteiger partial charge in [0, 0.05) is 8.42 Å². The first kappa shape index (κ1) is 15.7. The number of hydrogen-bond acceptors (Lipinski definition) is 8. The number of nitrogens with zero attached hydrogens (tertiary/aromatic N) is 4. The van der Waals surface area contributed by atoms with Gasteiger partial charge in [0.1, 0.15) is 18.3 Å². The van der Waals surface area contributed by atoms with Crippen molar-refractivity contribution >= 4 is 34.5 Å². The zero-order chi connectivity index (χ0) is 16.0. The third-order valence-corrected chi connectivity index (χ3v) is 5.01. The van der Waals surface area contributed by atoms with Crippen LogP contribution in [0.4, 0.5) is 5.95 Å². The molecule has 1 saturated heterocycles. The Hall–Kier alpha value is -1.15. The van der Waals surface area contributed by atoms with Crippen molar-refractivity contribution in [2.24, 2.45) is 0 Å². The molecule has 1 fully saturated rings. The van der Waals surface area contributed by atoms with E-state index in [1.54, 1.807) is 0 Å². The van der Waals surface area contributed by atoms with Gasteiger partial charge in [-0.2, -0.15) is 4.98 Å². The smallest absolute Gasteiger partial charge is 0.286 e. The van der Waals surface area contributed by atoms with Crippen molar-refractivity contribution < 1.29 is 20.1 Å². The maximum atomic E-state index is 12.2. The quantitative estimate of drug-likeness (QED) is 0.467. The van der Waals surface area contributed by atoms with Gasteiger partial charge in [0.15, 0.2) is 17.4 Å². The van der Waals surface area contributed by atoms with Crippen LogP contribution in [0.15, 0.2) is 11.1 Å². The van der Waals surface area contributed by atoms with Gasteiger partial charge in [-0.25, -0.2) is 4.98 Å². The summed E-state index contributed by atoms with van der Waals surface area (Å²) in [5.74, 6) is 0.0133. The summed E-state index contributed by atoms with van der Waals surface area (Å²) in [4.78, 5) is 20.4. The third kappa shape index (κ3) is 2.23. The first-order chi connectivity index (χ1) is 10.5. The Morgan fingerprint density at radius 1 is 1.45 bits per heavy atom. The second kappa shape index (κ2) is 5.81. The van der Waals surface area contributed by atoms with Crippen LogP contribution < -0.4 is 11.3 Å². The van der Waals surface area contributed by atoms with Crippen molar-refractivity contribution in [2.45, 2.75) is 24.5 Å². The molecule has 6 atom stereocenters. The van der Waals surface area contributed by atoms with E-state index in [2.05, 4.69) is 18.9 Å². The minimum absolute atomic E-state index is 0.0133. The van der Waals surface area contributed by atoms with Crippen LogP contribution >= 0.6 is 17.3 Å². The Morgan fingerprint density at radius 2 is 2.18 bits per heavy atom. The lowest BCUT2D eigenvalue weighted by molar-refractivity contribution is -0.0511. The van der Waals surface area contributed by atoms with E-state index in [4.69, 9.17) is 15.6 Å². The number of aromatic nitrogens is 4. The lowest BCUT2D eigenvalue weighted by Gasteiger charge is -2.16. The van der Waals surface area contributed by atoms with E-state index in [0.717, 1.165) is 0 Å². The molecule has 0 aromatic carbocycles. The molecular weight excluding hydrogens is 332 g/mol. The molecule has 0 bridgehead atoms. The largest absolute Gasteiger partial charge is 0.394 e. The van der Waals surface area contributed by atoms with E-state index in [-0.39, 0.29) is 25.5 Å². The standard InChI is InChI=1S/C10H15N5O5P2/c11-10-13-7-4(8(19)15(10)22-21)12-2-14(7)9-6(18)5(17)3(1-16)20-9/h2-3,5-6,9,16-18,22H,1,21H2,(H2,11,13)/t3-,5?,6?,9-/m1/s1. The molecule has 12 heteroatoms.